The molecule has 1 aliphatic heterocycles. The number of likely N-dealkylation sites (N-methyl/N-ethyl adjacent to an activating group) is 1. The van der Waals surface area contributed by atoms with Gasteiger partial charge in [-0.05, 0) is 58.2 Å². The molecule has 24 heavy (non-hydrogen) atoms. The summed E-state index contributed by atoms with van der Waals surface area (Å²) in [4.78, 5) is 4.71. The van der Waals surface area contributed by atoms with Crippen LogP contribution in [0.25, 0.3) is 0 Å². The van der Waals surface area contributed by atoms with Crippen molar-refractivity contribution in [2.24, 2.45) is 0 Å². The molecule has 4 rings (SSSR count). The number of rotatable bonds is 4. The van der Waals surface area contributed by atoms with Crippen molar-refractivity contribution in [3.63, 3.8) is 0 Å². The van der Waals surface area contributed by atoms with E-state index in [1.54, 1.807) is 0 Å². The van der Waals surface area contributed by atoms with Gasteiger partial charge in [0.05, 0.1) is 11.4 Å². The lowest BCUT2D eigenvalue weighted by Gasteiger charge is -2.44. The largest absolute Gasteiger partial charge is 0.361 e. The molecule has 128 valence electrons. The predicted octanol–water partition coefficient (Wildman–Crippen LogP) is 2.28. The molecule has 0 atom stereocenters. The molecule has 0 aromatic carbocycles. The van der Waals surface area contributed by atoms with E-state index in [9.17, 15) is 0 Å². The molecule has 0 amide bonds. The molecule has 0 radical (unpaired) electrons. The lowest BCUT2D eigenvalue weighted by molar-refractivity contribution is 0.195. The first-order chi connectivity index (χ1) is 11.6. The zero-order chi connectivity index (χ0) is 16.7. The Labute approximate surface area is 142 Å². The van der Waals surface area contributed by atoms with Crippen molar-refractivity contribution < 1.29 is 4.52 Å². The van der Waals surface area contributed by atoms with Gasteiger partial charge in [0.15, 0.2) is 5.82 Å². The van der Waals surface area contributed by atoms with Gasteiger partial charge in [-0.25, -0.2) is 0 Å². The lowest BCUT2D eigenvalue weighted by atomic mass is 9.96. The number of aryl methyl sites for hydroxylation is 4. The molecule has 1 saturated heterocycles. The second kappa shape index (κ2) is 6.16. The van der Waals surface area contributed by atoms with Gasteiger partial charge in [-0.2, -0.15) is 5.10 Å². The van der Waals surface area contributed by atoms with Gasteiger partial charge in [0, 0.05) is 31.2 Å². The average Bonchev–Trinajstić information content (AvgIpc) is 2.85. The van der Waals surface area contributed by atoms with Crippen LogP contribution >= 0.6 is 0 Å². The van der Waals surface area contributed by atoms with E-state index in [2.05, 4.69) is 38.3 Å². The lowest BCUT2D eigenvalue weighted by Crippen LogP contribution is -2.58. The van der Waals surface area contributed by atoms with Crippen LogP contribution in [0.4, 0.5) is 5.82 Å². The van der Waals surface area contributed by atoms with Crippen LogP contribution < -0.4 is 4.90 Å². The van der Waals surface area contributed by atoms with E-state index in [0.29, 0.717) is 6.04 Å². The Hall–Kier alpha value is -1.95. The highest BCUT2D eigenvalue weighted by molar-refractivity contribution is 5.45. The van der Waals surface area contributed by atoms with Crippen LogP contribution in [-0.2, 0) is 19.4 Å². The molecule has 0 N–H and O–H groups in total. The Morgan fingerprint density at radius 1 is 1.21 bits per heavy atom. The fourth-order valence-corrected chi connectivity index (χ4v) is 3.66. The van der Waals surface area contributed by atoms with Crippen LogP contribution in [0.3, 0.4) is 0 Å². The van der Waals surface area contributed by atoms with Crippen molar-refractivity contribution in [2.75, 3.05) is 25.0 Å². The topological polar surface area (TPSA) is 58.3 Å². The number of anilines is 1. The van der Waals surface area contributed by atoms with Gasteiger partial charge in [-0.1, -0.05) is 5.16 Å². The van der Waals surface area contributed by atoms with Crippen molar-refractivity contribution in [3.05, 3.63) is 34.3 Å². The minimum absolute atomic E-state index is 0.538. The first kappa shape index (κ1) is 15.6. The summed E-state index contributed by atoms with van der Waals surface area (Å²) in [6.45, 7) is 6.89. The molecular formula is C18H25N5O. The van der Waals surface area contributed by atoms with E-state index in [1.807, 2.05) is 13.8 Å². The number of hydrogen-bond donors (Lipinski definition) is 0. The van der Waals surface area contributed by atoms with Crippen LogP contribution in [0.5, 0.6) is 0 Å². The fourth-order valence-electron chi connectivity index (χ4n) is 3.66. The van der Waals surface area contributed by atoms with Gasteiger partial charge in [-0.15, -0.1) is 5.10 Å². The normalized spacial score (nSPS) is 17.9. The standard InChI is InChI=1S/C18H25N5O/c1-12-16(13(2)24-21-12)11-22(3)15-9-23(10-15)18-8-14-6-4-5-7-17(14)19-20-18/h8,15H,4-7,9-11H2,1-3H3. The predicted molar refractivity (Wildman–Crippen MR) is 92.1 cm³/mol. The summed E-state index contributed by atoms with van der Waals surface area (Å²) in [5.41, 5.74) is 4.82. The van der Waals surface area contributed by atoms with E-state index < -0.39 is 0 Å². The van der Waals surface area contributed by atoms with Gasteiger partial charge in [0.25, 0.3) is 0 Å². The van der Waals surface area contributed by atoms with Crippen LogP contribution in [0.2, 0.25) is 0 Å². The maximum Gasteiger partial charge on any atom is 0.151 e. The molecular weight excluding hydrogens is 302 g/mol. The minimum Gasteiger partial charge on any atom is -0.361 e. The average molecular weight is 327 g/mol. The van der Waals surface area contributed by atoms with Gasteiger partial charge in [-0.3, -0.25) is 4.90 Å². The van der Waals surface area contributed by atoms with Crippen molar-refractivity contribution in [1.82, 2.24) is 20.3 Å². The van der Waals surface area contributed by atoms with E-state index >= 15 is 0 Å². The number of aromatic nitrogens is 3. The smallest absolute Gasteiger partial charge is 0.151 e. The molecule has 6 nitrogen and oxygen atoms in total. The summed E-state index contributed by atoms with van der Waals surface area (Å²) >= 11 is 0. The Kier molecular flexibility index (Phi) is 4.00. The quantitative estimate of drug-likeness (QED) is 0.859. The minimum atomic E-state index is 0.538. The van der Waals surface area contributed by atoms with Gasteiger partial charge >= 0.3 is 0 Å². The van der Waals surface area contributed by atoms with Gasteiger partial charge < -0.3 is 9.42 Å². The summed E-state index contributed by atoms with van der Waals surface area (Å²) in [5.74, 6) is 1.97. The molecule has 6 heteroatoms. The van der Waals surface area contributed by atoms with Crippen LogP contribution in [0.15, 0.2) is 10.6 Å². The summed E-state index contributed by atoms with van der Waals surface area (Å²) in [6, 6.07) is 2.79. The third-order valence-electron chi connectivity index (χ3n) is 5.46. The third-order valence-corrected chi connectivity index (χ3v) is 5.46. The number of hydrogen-bond acceptors (Lipinski definition) is 6. The number of nitrogens with zero attached hydrogens (tertiary/aromatic N) is 5. The monoisotopic (exact) mass is 327 g/mol. The Morgan fingerprint density at radius 2 is 2.00 bits per heavy atom. The Balaban J connectivity index is 1.37. The molecule has 0 unspecified atom stereocenters. The molecule has 0 bridgehead atoms. The van der Waals surface area contributed by atoms with E-state index in [4.69, 9.17) is 4.52 Å². The molecule has 1 fully saturated rings. The molecule has 0 spiro atoms. The van der Waals surface area contributed by atoms with Gasteiger partial charge in [0.2, 0.25) is 0 Å². The van der Waals surface area contributed by atoms with Crippen molar-refractivity contribution >= 4 is 5.82 Å². The highest BCUT2D eigenvalue weighted by Crippen LogP contribution is 2.27. The van der Waals surface area contributed by atoms with Crippen molar-refractivity contribution in [1.29, 1.82) is 0 Å². The zero-order valence-corrected chi connectivity index (χ0v) is 14.7. The maximum atomic E-state index is 5.27. The van der Waals surface area contributed by atoms with Crippen LogP contribution in [0.1, 0.15) is 41.1 Å². The van der Waals surface area contributed by atoms with Crippen LogP contribution in [-0.4, -0.2) is 46.4 Å². The summed E-state index contributed by atoms with van der Waals surface area (Å²) in [7, 11) is 2.17. The molecule has 3 heterocycles. The highest BCUT2D eigenvalue weighted by Gasteiger charge is 2.32. The van der Waals surface area contributed by atoms with Crippen molar-refractivity contribution in [2.45, 2.75) is 52.1 Å². The summed E-state index contributed by atoms with van der Waals surface area (Å²) in [6.07, 6.45) is 4.77. The zero-order valence-electron chi connectivity index (χ0n) is 14.7. The van der Waals surface area contributed by atoms with Crippen LogP contribution in [0, 0.1) is 13.8 Å². The maximum absolute atomic E-state index is 5.27. The Morgan fingerprint density at radius 3 is 2.75 bits per heavy atom. The van der Waals surface area contributed by atoms with E-state index in [1.165, 1.54) is 29.7 Å². The third kappa shape index (κ3) is 2.79. The van der Waals surface area contributed by atoms with Gasteiger partial charge in [0.1, 0.15) is 5.76 Å². The van der Waals surface area contributed by atoms with E-state index in [-0.39, 0.29) is 0 Å². The molecule has 2 aliphatic rings. The molecule has 0 saturated carbocycles. The SMILES string of the molecule is Cc1noc(C)c1CN(C)C1CN(c2cc3c(nn2)CCCC3)C1. The fraction of sp³-hybridized carbons (Fsp3) is 0.611. The number of fused-ring (bicyclic) bond motifs is 1. The molecule has 2 aromatic heterocycles. The first-order valence-electron chi connectivity index (χ1n) is 8.84. The van der Waals surface area contributed by atoms with E-state index in [0.717, 1.165) is 49.7 Å². The second-order valence-corrected chi connectivity index (χ2v) is 7.16. The molecule has 2 aromatic rings. The first-order valence-corrected chi connectivity index (χ1v) is 8.84. The Bertz CT molecular complexity index is 716. The summed E-state index contributed by atoms with van der Waals surface area (Å²) in [5, 5.41) is 12.9. The molecule has 1 aliphatic carbocycles. The second-order valence-electron chi connectivity index (χ2n) is 7.16. The highest BCUT2D eigenvalue weighted by atomic mass is 16.5. The summed E-state index contributed by atoms with van der Waals surface area (Å²) < 4.78 is 5.27. The van der Waals surface area contributed by atoms with Crippen molar-refractivity contribution in [3.8, 4) is 0 Å².